The molecule has 0 aliphatic carbocycles. The summed E-state index contributed by atoms with van der Waals surface area (Å²) in [6.07, 6.45) is -3.22. The highest BCUT2D eigenvalue weighted by atomic mass is 19.4. The van der Waals surface area contributed by atoms with E-state index >= 15 is 0 Å². The van der Waals surface area contributed by atoms with Gasteiger partial charge in [-0.1, -0.05) is 6.92 Å². The van der Waals surface area contributed by atoms with E-state index < -0.39 is 18.2 Å². The summed E-state index contributed by atoms with van der Waals surface area (Å²) in [5.74, 6) is -0.0674. The maximum absolute atomic E-state index is 13.8. The molecule has 0 saturated carbocycles. The maximum atomic E-state index is 13.8. The number of alkyl halides is 3. The van der Waals surface area contributed by atoms with Crippen LogP contribution >= 0.6 is 0 Å². The lowest BCUT2D eigenvalue weighted by Crippen LogP contribution is -2.43. The van der Waals surface area contributed by atoms with E-state index in [1.165, 1.54) is 19.2 Å². The second-order valence-corrected chi connectivity index (χ2v) is 6.38. The Morgan fingerprint density at radius 3 is 2.41 bits per heavy atom. The van der Waals surface area contributed by atoms with Gasteiger partial charge in [0, 0.05) is 44.9 Å². The zero-order valence-electron chi connectivity index (χ0n) is 16.6. The Hall–Kier alpha value is -1.80. The van der Waals surface area contributed by atoms with Crippen molar-refractivity contribution in [3.05, 3.63) is 23.3 Å². The number of aliphatic hydroxyl groups is 1. The second-order valence-electron chi connectivity index (χ2n) is 6.38. The van der Waals surface area contributed by atoms with E-state index in [2.05, 4.69) is 4.99 Å². The number of methoxy groups -OCH3 is 1. The zero-order chi connectivity index (χ0) is 20.7. The number of benzene rings is 1. The summed E-state index contributed by atoms with van der Waals surface area (Å²) in [4.78, 5) is 6.12. The Kier molecular flexibility index (Phi) is 8.56. The van der Waals surface area contributed by atoms with Crippen molar-refractivity contribution in [1.82, 2.24) is 4.90 Å². The van der Waals surface area contributed by atoms with Crippen LogP contribution in [0.2, 0.25) is 0 Å². The van der Waals surface area contributed by atoms with E-state index in [9.17, 15) is 18.3 Å². The van der Waals surface area contributed by atoms with Gasteiger partial charge in [0.25, 0.3) is 0 Å². The maximum Gasteiger partial charge on any atom is 0.421 e. The Balaban J connectivity index is 3.33. The second kappa shape index (κ2) is 9.94. The first-order chi connectivity index (χ1) is 12.6. The van der Waals surface area contributed by atoms with Crippen LogP contribution in [0.4, 0.5) is 18.9 Å². The van der Waals surface area contributed by atoms with Gasteiger partial charge in [-0.3, -0.25) is 0 Å². The lowest BCUT2D eigenvalue weighted by atomic mass is 9.87. The fraction of sp³-hybridized carbons (Fsp3) is 0.632. The highest BCUT2D eigenvalue weighted by molar-refractivity contribution is 5.65. The molecule has 1 aromatic rings. The molecule has 154 valence electrons. The number of hydrogen-bond donors (Lipinski definition) is 1. The van der Waals surface area contributed by atoms with Crippen LogP contribution in [0.1, 0.15) is 37.8 Å². The summed E-state index contributed by atoms with van der Waals surface area (Å²) in [6.45, 7) is 6.31. The molecule has 0 radical (unpaired) electrons. The van der Waals surface area contributed by atoms with Gasteiger partial charge in [-0.25, -0.2) is 4.99 Å². The predicted molar refractivity (Wildman–Crippen MR) is 99.9 cm³/mol. The van der Waals surface area contributed by atoms with Gasteiger partial charge < -0.3 is 19.5 Å². The standard InChI is InChI=1S/C19H29F3N2O3/c1-6-9-27-10-8-18(25,19(20,21)22)15-11-14(3)16(12-17(15)26-5)23-13-24(4)7-2/h11-13,25H,6-10H2,1-5H3/b23-13+. The van der Waals surface area contributed by atoms with Crippen molar-refractivity contribution in [2.75, 3.05) is 33.9 Å². The molecule has 1 rings (SSSR count). The Morgan fingerprint density at radius 1 is 1.22 bits per heavy atom. The molecule has 1 N–H and O–H groups in total. The third-order valence-corrected chi connectivity index (χ3v) is 4.28. The summed E-state index contributed by atoms with van der Waals surface area (Å²) in [6, 6.07) is 2.69. The minimum atomic E-state index is -4.88. The molecule has 0 aromatic heterocycles. The van der Waals surface area contributed by atoms with Gasteiger partial charge in [-0.2, -0.15) is 13.2 Å². The fourth-order valence-electron chi connectivity index (χ4n) is 2.45. The zero-order valence-corrected chi connectivity index (χ0v) is 16.6. The molecule has 0 fully saturated rings. The third kappa shape index (κ3) is 5.84. The summed E-state index contributed by atoms with van der Waals surface area (Å²) >= 11 is 0. The van der Waals surface area contributed by atoms with Crippen LogP contribution < -0.4 is 4.74 Å². The van der Waals surface area contributed by atoms with E-state index in [-0.39, 0.29) is 17.9 Å². The van der Waals surface area contributed by atoms with Gasteiger partial charge in [-0.05, 0) is 31.9 Å². The van der Waals surface area contributed by atoms with Crippen LogP contribution in [0.3, 0.4) is 0 Å². The van der Waals surface area contributed by atoms with Crippen molar-refractivity contribution in [2.24, 2.45) is 4.99 Å². The first kappa shape index (κ1) is 23.2. The number of rotatable bonds is 10. The Morgan fingerprint density at radius 2 is 1.89 bits per heavy atom. The normalized spacial score (nSPS) is 14.4. The molecular weight excluding hydrogens is 361 g/mol. The fourth-order valence-corrected chi connectivity index (χ4v) is 2.45. The van der Waals surface area contributed by atoms with Gasteiger partial charge >= 0.3 is 6.18 Å². The van der Waals surface area contributed by atoms with Crippen LogP contribution in [-0.2, 0) is 10.3 Å². The molecule has 1 unspecified atom stereocenters. The SMILES string of the molecule is CCCOCCC(O)(c1cc(C)c(/N=C/N(C)CC)cc1OC)C(F)(F)F. The summed E-state index contributed by atoms with van der Waals surface area (Å²) < 4.78 is 51.6. The van der Waals surface area contributed by atoms with Crippen LogP contribution in [-0.4, -0.2) is 56.4 Å². The van der Waals surface area contributed by atoms with Gasteiger partial charge in [-0.15, -0.1) is 0 Å². The number of halogens is 3. The average Bonchev–Trinajstić information content (AvgIpc) is 2.62. The Labute approximate surface area is 158 Å². The van der Waals surface area contributed by atoms with Gasteiger partial charge in [0.1, 0.15) is 5.75 Å². The van der Waals surface area contributed by atoms with Crippen molar-refractivity contribution in [3.63, 3.8) is 0 Å². The van der Waals surface area contributed by atoms with Crippen molar-refractivity contribution >= 4 is 12.0 Å². The lowest BCUT2D eigenvalue weighted by Gasteiger charge is -2.32. The van der Waals surface area contributed by atoms with Crippen LogP contribution in [0.5, 0.6) is 5.75 Å². The van der Waals surface area contributed by atoms with Crippen molar-refractivity contribution in [2.45, 2.75) is 45.4 Å². The summed E-state index contributed by atoms with van der Waals surface area (Å²) in [5.41, 5.74) is -2.43. The molecule has 0 aliphatic heterocycles. The molecule has 27 heavy (non-hydrogen) atoms. The summed E-state index contributed by atoms with van der Waals surface area (Å²) in [5, 5.41) is 10.6. The van der Waals surface area contributed by atoms with Crippen molar-refractivity contribution in [1.29, 1.82) is 0 Å². The molecule has 0 amide bonds. The predicted octanol–water partition coefficient (Wildman–Crippen LogP) is 4.18. The molecule has 1 aromatic carbocycles. The lowest BCUT2D eigenvalue weighted by molar-refractivity contribution is -0.272. The number of aryl methyl sites for hydroxylation is 1. The van der Waals surface area contributed by atoms with Crippen LogP contribution in [0.15, 0.2) is 17.1 Å². The smallest absolute Gasteiger partial charge is 0.421 e. The molecule has 0 spiro atoms. The quantitative estimate of drug-likeness (QED) is 0.370. The molecule has 1 atom stereocenters. The molecule has 8 heteroatoms. The van der Waals surface area contributed by atoms with Crippen LogP contribution in [0, 0.1) is 6.92 Å². The first-order valence-corrected chi connectivity index (χ1v) is 8.91. The van der Waals surface area contributed by atoms with Crippen molar-refractivity contribution in [3.8, 4) is 5.75 Å². The molecular formula is C19H29F3N2O3. The Bertz CT molecular complexity index is 635. The number of nitrogens with zero attached hydrogens (tertiary/aromatic N) is 2. The minimum absolute atomic E-state index is 0.0674. The molecule has 0 heterocycles. The minimum Gasteiger partial charge on any atom is -0.496 e. The van der Waals surface area contributed by atoms with E-state index in [0.29, 0.717) is 24.3 Å². The van der Waals surface area contributed by atoms with E-state index in [4.69, 9.17) is 9.47 Å². The molecule has 0 bridgehead atoms. The van der Waals surface area contributed by atoms with E-state index in [1.54, 1.807) is 13.3 Å². The third-order valence-electron chi connectivity index (χ3n) is 4.28. The topological polar surface area (TPSA) is 54.3 Å². The highest BCUT2D eigenvalue weighted by Gasteiger charge is 2.56. The molecule has 5 nitrogen and oxygen atoms in total. The number of hydrogen-bond acceptors (Lipinski definition) is 4. The van der Waals surface area contributed by atoms with Gasteiger partial charge in [0.2, 0.25) is 0 Å². The molecule has 0 saturated heterocycles. The number of aliphatic imine (C=N–C) groups is 1. The molecule has 0 aliphatic rings. The van der Waals surface area contributed by atoms with Gasteiger partial charge in [0.15, 0.2) is 5.60 Å². The highest BCUT2D eigenvalue weighted by Crippen LogP contribution is 2.46. The van der Waals surface area contributed by atoms with E-state index in [1.807, 2.05) is 25.8 Å². The number of ether oxygens (including phenoxy) is 2. The summed E-state index contributed by atoms with van der Waals surface area (Å²) in [7, 11) is 3.10. The monoisotopic (exact) mass is 390 g/mol. The first-order valence-electron chi connectivity index (χ1n) is 8.91. The average molecular weight is 390 g/mol. The van der Waals surface area contributed by atoms with Crippen LogP contribution in [0.25, 0.3) is 0 Å². The van der Waals surface area contributed by atoms with Gasteiger partial charge in [0.05, 0.1) is 19.1 Å². The van der Waals surface area contributed by atoms with Crippen molar-refractivity contribution < 1.29 is 27.8 Å². The van der Waals surface area contributed by atoms with E-state index in [0.717, 1.165) is 6.54 Å². The largest absolute Gasteiger partial charge is 0.496 e.